The number of primary amides is 1. The summed E-state index contributed by atoms with van der Waals surface area (Å²) in [6, 6.07) is -12.6. The SMILES string of the molecule is CC(C)C[C@H](NC(=O)[C@H](CC(N)=O)NC(=O)[C@H](CC(C)C)NC(=O)[C@@H](NC(=O)[C@@H](NC(=O)[C@@H]1CCCN1C(=O)[C@H](CCCN=C(N)N)NC(=O)[C@H](C)NC(=O)[C@@H]1CCCN1)[C@@H](C)O)[C@@H](C)O)C(=O)N[C@@H](C)C=O. The summed E-state index contributed by atoms with van der Waals surface area (Å²) in [5.41, 5.74) is 16.3. The summed E-state index contributed by atoms with van der Waals surface area (Å²) in [6.45, 7) is 13.0. The van der Waals surface area contributed by atoms with Crippen LogP contribution in [-0.2, 0) is 52.7 Å². The number of rotatable bonds is 30. The van der Waals surface area contributed by atoms with E-state index in [9.17, 15) is 63.0 Å². The second kappa shape index (κ2) is 30.5. The molecule has 17 N–H and O–H groups in total. The highest BCUT2D eigenvalue weighted by Gasteiger charge is 2.41. The first kappa shape index (κ1) is 62.6. The number of hydrogen-bond acceptors (Lipinski definition) is 15. The number of carbonyl (C=O) groups excluding carboxylic acids is 11. The number of nitrogens with one attached hydrogen (secondary N) is 9. The highest BCUT2D eigenvalue weighted by Crippen LogP contribution is 2.21. The number of guanidine groups is 1. The summed E-state index contributed by atoms with van der Waals surface area (Å²) in [6.07, 6.45) is -1.32. The lowest BCUT2D eigenvalue weighted by atomic mass is 10.0. The van der Waals surface area contributed by atoms with Crippen LogP contribution in [0.3, 0.4) is 0 Å². The van der Waals surface area contributed by atoms with Crippen molar-refractivity contribution in [2.45, 2.75) is 186 Å². The molecule has 0 aromatic carbocycles. The lowest BCUT2D eigenvalue weighted by molar-refractivity contribution is -0.143. The van der Waals surface area contributed by atoms with Gasteiger partial charge in [-0.25, -0.2) is 0 Å². The van der Waals surface area contributed by atoms with Gasteiger partial charge in [0, 0.05) is 13.1 Å². The minimum Gasteiger partial charge on any atom is -0.391 e. The summed E-state index contributed by atoms with van der Waals surface area (Å²) < 4.78 is 0. The molecule has 2 rings (SSSR count). The maximum atomic E-state index is 14.2. The molecule has 0 aliphatic carbocycles. The van der Waals surface area contributed by atoms with Crippen LogP contribution in [0.4, 0.5) is 0 Å². The summed E-state index contributed by atoms with van der Waals surface area (Å²) in [4.78, 5) is 151. The van der Waals surface area contributed by atoms with Crippen molar-refractivity contribution in [1.29, 1.82) is 0 Å². The molecule has 2 heterocycles. The van der Waals surface area contributed by atoms with Gasteiger partial charge in [0.1, 0.15) is 54.6 Å². The van der Waals surface area contributed by atoms with Gasteiger partial charge in [-0.2, -0.15) is 0 Å². The van der Waals surface area contributed by atoms with Crippen LogP contribution in [0.5, 0.6) is 0 Å². The molecule has 0 aromatic rings. The predicted molar refractivity (Wildman–Crippen MR) is 265 cm³/mol. The van der Waals surface area contributed by atoms with Gasteiger partial charge in [-0.15, -0.1) is 0 Å². The first-order valence-corrected chi connectivity index (χ1v) is 24.8. The number of amides is 10. The first-order valence-electron chi connectivity index (χ1n) is 24.8. The Bertz CT molecular complexity index is 1980. The van der Waals surface area contributed by atoms with Crippen molar-refractivity contribution in [3.8, 4) is 0 Å². The number of likely N-dealkylation sites (tertiary alicyclic amines) is 1. The van der Waals surface area contributed by atoms with E-state index in [2.05, 4.69) is 52.8 Å². The maximum absolute atomic E-state index is 14.2. The van der Waals surface area contributed by atoms with Gasteiger partial charge >= 0.3 is 0 Å². The average molecular weight is 1040 g/mol. The Morgan fingerprint density at radius 3 is 1.67 bits per heavy atom. The lowest BCUT2D eigenvalue weighted by Crippen LogP contribution is -2.63. The van der Waals surface area contributed by atoms with Crippen molar-refractivity contribution >= 4 is 71.3 Å². The zero-order chi connectivity index (χ0) is 55.3. The molecule has 2 fully saturated rings. The first-order chi connectivity index (χ1) is 34.2. The number of carbonyl (C=O) groups is 11. The van der Waals surface area contributed by atoms with Crippen LogP contribution in [0.2, 0.25) is 0 Å². The normalized spacial score (nSPS) is 19.5. The molecule has 0 unspecified atom stereocenters. The van der Waals surface area contributed by atoms with Crippen molar-refractivity contribution in [1.82, 2.24) is 52.8 Å². The van der Waals surface area contributed by atoms with E-state index >= 15 is 0 Å². The molecule has 27 heteroatoms. The summed E-state index contributed by atoms with van der Waals surface area (Å²) in [7, 11) is 0. The van der Waals surface area contributed by atoms with E-state index in [4.69, 9.17) is 17.2 Å². The third kappa shape index (κ3) is 21.3. The molecule has 0 bridgehead atoms. The van der Waals surface area contributed by atoms with Gasteiger partial charge in [0.2, 0.25) is 59.1 Å². The molecule has 27 nitrogen and oxygen atoms in total. The smallest absolute Gasteiger partial charge is 0.245 e. The third-order valence-corrected chi connectivity index (χ3v) is 11.9. The molecule has 0 aromatic heterocycles. The van der Waals surface area contributed by atoms with Gasteiger partial charge in [-0.1, -0.05) is 27.7 Å². The van der Waals surface area contributed by atoms with E-state index in [0.717, 1.165) is 13.3 Å². The zero-order valence-electron chi connectivity index (χ0n) is 43.2. The number of nitrogens with two attached hydrogens (primary N) is 3. The number of aliphatic hydroxyl groups is 2. The van der Waals surface area contributed by atoms with Crippen molar-refractivity contribution in [2.75, 3.05) is 19.6 Å². The fourth-order valence-corrected chi connectivity index (χ4v) is 8.13. The van der Waals surface area contributed by atoms with Crippen LogP contribution in [-0.4, -0.2) is 179 Å². The zero-order valence-corrected chi connectivity index (χ0v) is 43.2. The van der Waals surface area contributed by atoms with Crippen molar-refractivity contribution in [2.24, 2.45) is 34.0 Å². The van der Waals surface area contributed by atoms with Crippen molar-refractivity contribution < 1.29 is 63.0 Å². The lowest BCUT2D eigenvalue weighted by Gasteiger charge is -2.31. The van der Waals surface area contributed by atoms with E-state index in [1.165, 1.54) is 25.7 Å². The third-order valence-electron chi connectivity index (χ3n) is 11.9. The second-order valence-corrected chi connectivity index (χ2v) is 19.6. The molecule has 0 saturated carbocycles. The summed E-state index contributed by atoms with van der Waals surface area (Å²) in [5, 5.41) is 44.5. The second-order valence-electron chi connectivity index (χ2n) is 19.6. The number of aliphatic imine (C=N–C) groups is 1. The molecule has 0 spiro atoms. The van der Waals surface area contributed by atoms with Crippen LogP contribution in [0.1, 0.15) is 113 Å². The largest absolute Gasteiger partial charge is 0.391 e. The topological polar surface area (TPSA) is 430 Å². The maximum Gasteiger partial charge on any atom is 0.245 e. The highest BCUT2D eigenvalue weighted by molar-refractivity contribution is 5.99. The Morgan fingerprint density at radius 1 is 0.630 bits per heavy atom. The van der Waals surface area contributed by atoms with E-state index in [0.29, 0.717) is 25.7 Å². The van der Waals surface area contributed by atoms with Crippen LogP contribution in [0.15, 0.2) is 4.99 Å². The summed E-state index contributed by atoms with van der Waals surface area (Å²) >= 11 is 0. The van der Waals surface area contributed by atoms with Crippen molar-refractivity contribution in [3.05, 3.63) is 0 Å². The average Bonchev–Trinajstić information content (AvgIpc) is 4.03. The molecule has 412 valence electrons. The standard InChI is InChI=1S/C46H80N14O13/c1-22(2)18-30(39(67)52-24(5)21-61)55-41(69)32(20-34(47)64)56-40(68)31(19-23(3)4)57-43(71)35(26(7)62)59-44(72)36(27(8)63)58-42(70)33-14-11-17-60(33)45(73)29(13-10-16-51-46(48)49)54-37(65)25(6)53-38(66)28-12-9-15-50-28/h21-33,35-36,50,62-63H,9-20H2,1-8H3,(H2,47,64)(H,52,67)(H,53,66)(H,54,65)(H,55,69)(H,56,68)(H,57,71)(H,58,70)(H,59,72)(H4,48,49,51)/t24-,25-,26+,27+,28-,29-,30-,31-,32-,33-,35-,36-/m0/s1. The van der Waals surface area contributed by atoms with Gasteiger partial charge < -0.3 is 85.0 Å². The van der Waals surface area contributed by atoms with Gasteiger partial charge in [0.15, 0.2) is 5.96 Å². The number of nitrogens with zero attached hydrogens (tertiary/aromatic N) is 2. The Kier molecular flexibility index (Phi) is 26.2. The quantitative estimate of drug-likeness (QED) is 0.0138. The molecular formula is C46H80N14O13. The molecule has 2 saturated heterocycles. The Balaban J connectivity index is 2.29. The van der Waals surface area contributed by atoms with Crippen LogP contribution < -0.4 is 65.1 Å². The van der Waals surface area contributed by atoms with Gasteiger partial charge in [0.05, 0.1) is 30.7 Å². The number of hydrogen-bond donors (Lipinski definition) is 14. The van der Waals surface area contributed by atoms with E-state index < -0.39 is 132 Å². The molecule has 2 aliphatic rings. The molecule has 2 aliphatic heterocycles. The van der Waals surface area contributed by atoms with E-state index in [1.54, 1.807) is 27.7 Å². The molecule has 73 heavy (non-hydrogen) atoms. The van der Waals surface area contributed by atoms with Gasteiger partial charge in [-0.3, -0.25) is 52.9 Å². The Labute approximate surface area is 425 Å². The fourth-order valence-electron chi connectivity index (χ4n) is 8.13. The Morgan fingerprint density at radius 2 is 1.15 bits per heavy atom. The molecular weight excluding hydrogens is 957 g/mol. The van der Waals surface area contributed by atoms with Crippen molar-refractivity contribution in [3.63, 3.8) is 0 Å². The minimum absolute atomic E-state index is 0.0319. The molecule has 10 amide bonds. The highest BCUT2D eigenvalue weighted by atomic mass is 16.3. The predicted octanol–water partition coefficient (Wildman–Crippen LogP) is -5.37. The summed E-state index contributed by atoms with van der Waals surface area (Å²) in [5.74, 6) is -9.03. The molecule has 12 atom stereocenters. The Hall–Kier alpha value is -6.48. The van der Waals surface area contributed by atoms with E-state index in [1.807, 2.05) is 0 Å². The van der Waals surface area contributed by atoms with Crippen LogP contribution in [0.25, 0.3) is 0 Å². The van der Waals surface area contributed by atoms with Gasteiger partial charge in [0.25, 0.3) is 0 Å². The number of aldehydes is 1. The van der Waals surface area contributed by atoms with Crippen LogP contribution >= 0.6 is 0 Å². The van der Waals surface area contributed by atoms with Crippen LogP contribution in [0, 0.1) is 11.8 Å². The fraction of sp³-hybridized carbons (Fsp3) is 0.739. The molecule has 0 radical (unpaired) electrons. The monoisotopic (exact) mass is 1040 g/mol. The number of aliphatic hydroxyl groups excluding tert-OH is 2. The minimum atomic E-state index is -1.81. The van der Waals surface area contributed by atoms with E-state index in [-0.39, 0.29) is 68.9 Å². The van der Waals surface area contributed by atoms with Gasteiger partial charge in [-0.05, 0) is 97.4 Å².